The van der Waals surface area contributed by atoms with Gasteiger partial charge in [-0.15, -0.1) is 0 Å². The summed E-state index contributed by atoms with van der Waals surface area (Å²) in [6, 6.07) is 9.81. The van der Waals surface area contributed by atoms with Gasteiger partial charge in [0.05, 0.1) is 23.8 Å². The number of anilines is 3. The van der Waals surface area contributed by atoms with Crippen LogP contribution in [-0.2, 0) is 6.42 Å². The van der Waals surface area contributed by atoms with Crippen molar-refractivity contribution in [1.82, 2.24) is 19.7 Å². The Balaban J connectivity index is 1.70. The van der Waals surface area contributed by atoms with Gasteiger partial charge in [-0.3, -0.25) is 4.98 Å². The van der Waals surface area contributed by atoms with Gasteiger partial charge in [-0.25, -0.2) is 15.5 Å². The summed E-state index contributed by atoms with van der Waals surface area (Å²) in [4.78, 5) is 8.37. The average Bonchev–Trinajstić information content (AvgIpc) is 3.12. The van der Waals surface area contributed by atoms with Gasteiger partial charge in [0.15, 0.2) is 5.82 Å². The van der Waals surface area contributed by atoms with E-state index in [0.29, 0.717) is 23.7 Å². The molecule has 8 nitrogen and oxygen atoms in total. The van der Waals surface area contributed by atoms with Crippen molar-refractivity contribution in [3.05, 3.63) is 66.2 Å². The Morgan fingerprint density at radius 3 is 2.77 bits per heavy atom. The minimum atomic E-state index is 0.354. The molecule has 7 N–H and O–H groups in total. The number of benzene rings is 1. The molecule has 0 bridgehead atoms. The molecule has 0 radical (unpaired) electrons. The number of hydrogen-bond donors (Lipinski definition) is 4. The molecule has 4 rings (SSSR count). The number of nitrogens with one attached hydrogen (secondary N) is 1. The van der Waals surface area contributed by atoms with Gasteiger partial charge in [-0.1, -0.05) is 24.3 Å². The number of hydrogen-bond acceptors (Lipinski definition) is 7. The number of nitrogen functional groups attached to an aromatic ring is 3. The Kier molecular flexibility index (Phi) is 3.86. The van der Waals surface area contributed by atoms with Crippen LogP contribution >= 0.6 is 0 Å². The molecular formula is C18H18N8. The van der Waals surface area contributed by atoms with E-state index in [1.54, 1.807) is 18.5 Å². The smallest absolute Gasteiger partial charge is 0.165 e. The van der Waals surface area contributed by atoms with Crippen LogP contribution in [-0.4, -0.2) is 19.7 Å². The van der Waals surface area contributed by atoms with Gasteiger partial charge in [0, 0.05) is 29.6 Å². The highest BCUT2D eigenvalue weighted by molar-refractivity contribution is 5.88. The predicted octanol–water partition coefficient (Wildman–Crippen LogP) is 1.86. The predicted molar refractivity (Wildman–Crippen MR) is 103 cm³/mol. The molecule has 0 unspecified atom stereocenters. The van der Waals surface area contributed by atoms with Crippen molar-refractivity contribution < 1.29 is 0 Å². The Morgan fingerprint density at radius 1 is 1.08 bits per heavy atom. The van der Waals surface area contributed by atoms with Gasteiger partial charge in [0.2, 0.25) is 0 Å². The number of nitrogens with zero attached hydrogens (tertiary/aromatic N) is 4. The Bertz CT molecular complexity index is 1080. The molecular weight excluding hydrogens is 328 g/mol. The van der Waals surface area contributed by atoms with Gasteiger partial charge in [-0.05, 0) is 17.2 Å². The Hall–Kier alpha value is -3.65. The first-order valence-corrected chi connectivity index (χ1v) is 8.04. The van der Waals surface area contributed by atoms with Crippen molar-refractivity contribution in [1.29, 1.82) is 0 Å². The van der Waals surface area contributed by atoms with Crippen molar-refractivity contribution in [2.24, 2.45) is 5.84 Å². The third-order valence-corrected chi connectivity index (χ3v) is 4.23. The lowest BCUT2D eigenvalue weighted by Gasteiger charge is -2.10. The van der Waals surface area contributed by atoms with Crippen LogP contribution in [0.15, 0.2) is 55.1 Å². The van der Waals surface area contributed by atoms with Crippen LogP contribution in [0.25, 0.3) is 16.5 Å². The summed E-state index contributed by atoms with van der Waals surface area (Å²) >= 11 is 0. The van der Waals surface area contributed by atoms with Gasteiger partial charge < -0.3 is 16.9 Å². The van der Waals surface area contributed by atoms with Gasteiger partial charge in [0.1, 0.15) is 5.82 Å². The van der Waals surface area contributed by atoms with Crippen LogP contribution in [0.1, 0.15) is 11.1 Å². The van der Waals surface area contributed by atoms with Crippen LogP contribution in [0.2, 0.25) is 0 Å². The van der Waals surface area contributed by atoms with Crippen LogP contribution in [0.3, 0.4) is 0 Å². The number of aromatic nitrogens is 4. The standard InChI is InChI=1S/C18H18N8/c19-16-6-13(17(20)18(24-16)25-21)5-11-7-23-26(10-11)15-9-22-8-12-3-1-2-4-14(12)15/h1-4,6-10H,5,20-21H2,(H3,19,24,25). The molecule has 8 heteroatoms. The third kappa shape index (κ3) is 2.78. The second-order valence-electron chi connectivity index (χ2n) is 5.96. The lowest BCUT2D eigenvalue weighted by atomic mass is 10.1. The second-order valence-corrected chi connectivity index (χ2v) is 5.96. The van der Waals surface area contributed by atoms with E-state index in [1.165, 1.54) is 0 Å². The molecule has 0 fully saturated rings. The van der Waals surface area contributed by atoms with Crippen LogP contribution < -0.4 is 22.7 Å². The molecule has 4 aromatic rings. The summed E-state index contributed by atoms with van der Waals surface area (Å²) in [5.74, 6) is 6.16. The zero-order valence-corrected chi connectivity index (χ0v) is 13.9. The van der Waals surface area contributed by atoms with Crippen molar-refractivity contribution >= 4 is 28.1 Å². The fourth-order valence-electron chi connectivity index (χ4n) is 2.97. The Labute approximate surface area is 149 Å². The minimum absolute atomic E-state index is 0.354. The van der Waals surface area contributed by atoms with E-state index in [9.17, 15) is 0 Å². The average molecular weight is 346 g/mol. The number of fused-ring (bicyclic) bond motifs is 1. The monoisotopic (exact) mass is 346 g/mol. The molecule has 0 atom stereocenters. The normalized spacial score (nSPS) is 11.0. The molecule has 0 saturated carbocycles. The fourth-order valence-corrected chi connectivity index (χ4v) is 2.97. The SMILES string of the molecule is NNc1nc(N)cc(Cc2cnn(-c3cncc4ccccc34)c2)c1N. The lowest BCUT2D eigenvalue weighted by molar-refractivity contribution is 0.881. The molecule has 26 heavy (non-hydrogen) atoms. The lowest BCUT2D eigenvalue weighted by Crippen LogP contribution is -2.13. The first-order valence-electron chi connectivity index (χ1n) is 8.04. The van der Waals surface area contributed by atoms with Crippen molar-refractivity contribution in [2.75, 3.05) is 16.9 Å². The first kappa shape index (κ1) is 15.9. The molecule has 0 saturated heterocycles. The van der Waals surface area contributed by atoms with Crippen LogP contribution in [0.5, 0.6) is 0 Å². The summed E-state index contributed by atoms with van der Waals surface area (Å²) in [5, 5.41) is 6.62. The molecule has 1 aromatic carbocycles. The number of rotatable bonds is 4. The quantitative estimate of drug-likeness (QED) is 0.327. The molecule has 130 valence electrons. The van der Waals surface area contributed by atoms with E-state index in [2.05, 4.69) is 26.6 Å². The van der Waals surface area contributed by atoms with Crippen molar-refractivity contribution in [3.63, 3.8) is 0 Å². The highest BCUT2D eigenvalue weighted by Gasteiger charge is 2.11. The van der Waals surface area contributed by atoms with E-state index < -0.39 is 0 Å². The van der Waals surface area contributed by atoms with Crippen molar-refractivity contribution in [3.8, 4) is 5.69 Å². The number of nitrogens with two attached hydrogens (primary N) is 3. The van der Waals surface area contributed by atoms with E-state index in [0.717, 1.165) is 27.6 Å². The topological polar surface area (TPSA) is 134 Å². The van der Waals surface area contributed by atoms with Gasteiger partial charge >= 0.3 is 0 Å². The van der Waals surface area contributed by atoms with E-state index in [-0.39, 0.29) is 0 Å². The second kappa shape index (κ2) is 6.34. The summed E-state index contributed by atoms with van der Waals surface area (Å²) in [7, 11) is 0. The van der Waals surface area contributed by atoms with Crippen LogP contribution in [0, 0.1) is 0 Å². The van der Waals surface area contributed by atoms with E-state index in [4.69, 9.17) is 17.3 Å². The number of hydrazine groups is 1. The zero-order valence-electron chi connectivity index (χ0n) is 13.9. The first-order chi connectivity index (χ1) is 12.7. The Morgan fingerprint density at radius 2 is 1.92 bits per heavy atom. The summed E-state index contributed by atoms with van der Waals surface area (Å²) < 4.78 is 1.81. The highest BCUT2D eigenvalue weighted by atomic mass is 15.3. The maximum absolute atomic E-state index is 6.11. The maximum Gasteiger partial charge on any atom is 0.165 e. The minimum Gasteiger partial charge on any atom is -0.395 e. The van der Waals surface area contributed by atoms with Crippen molar-refractivity contribution in [2.45, 2.75) is 6.42 Å². The van der Waals surface area contributed by atoms with E-state index in [1.807, 2.05) is 35.3 Å². The summed E-state index contributed by atoms with van der Waals surface area (Å²) in [6.07, 6.45) is 7.95. The molecule has 3 aromatic heterocycles. The number of pyridine rings is 2. The molecule has 0 amide bonds. The zero-order chi connectivity index (χ0) is 18.1. The summed E-state index contributed by atoms with van der Waals surface area (Å²) in [5.41, 5.74) is 17.6. The largest absolute Gasteiger partial charge is 0.395 e. The molecule has 0 aliphatic rings. The molecule has 0 aliphatic carbocycles. The van der Waals surface area contributed by atoms with E-state index >= 15 is 0 Å². The molecule has 0 spiro atoms. The van der Waals surface area contributed by atoms with Gasteiger partial charge in [0.25, 0.3) is 0 Å². The maximum atomic E-state index is 6.11. The van der Waals surface area contributed by atoms with Gasteiger partial charge in [-0.2, -0.15) is 5.10 Å². The summed E-state index contributed by atoms with van der Waals surface area (Å²) in [6.45, 7) is 0. The fraction of sp³-hybridized carbons (Fsp3) is 0.0556. The molecule has 0 aliphatic heterocycles. The molecule has 3 heterocycles. The highest BCUT2D eigenvalue weighted by Crippen LogP contribution is 2.26. The van der Waals surface area contributed by atoms with Crippen LogP contribution in [0.4, 0.5) is 17.3 Å². The third-order valence-electron chi connectivity index (χ3n) is 4.23.